The summed E-state index contributed by atoms with van der Waals surface area (Å²) in [7, 11) is -4.01. The molecular weight excluding hydrogens is 476 g/mol. The molecule has 0 aliphatic carbocycles. The monoisotopic (exact) mass is 489 g/mol. The van der Waals surface area contributed by atoms with Crippen LogP contribution in [0.4, 0.5) is 26.3 Å². The van der Waals surface area contributed by atoms with Gasteiger partial charge in [-0.2, -0.15) is 26.3 Å². The minimum atomic E-state index is -5.02. The molecule has 0 radical (unpaired) electrons. The fourth-order valence-corrected chi connectivity index (χ4v) is 3.87. The van der Waals surface area contributed by atoms with Crippen LogP contribution in [-0.2, 0) is 22.4 Å². The summed E-state index contributed by atoms with van der Waals surface area (Å²) in [5.41, 5.74) is -2.80. The predicted molar refractivity (Wildman–Crippen MR) is 105 cm³/mol. The van der Waals surface area contributed by atoms with Crippen LogP contribution in [0.25, 0.3) is 22.3 Å². The Morgan fingerprint density at radius 2 is 1.15 bits per heavy atom. The van der Waals surface area contributed by atoms with E-state index >= 15 is 0 Å². The molecule has 33 heavy (non-hydrogen) atoms. The normalized spacial score (nSPS) is 13.9. The number of primary sulfonamides is 1. The topological polar surface area (TPSA) is 78.6 Å². The third kappa shape index (κ3) is 4.62. The van der Waals surface area contributed by atoms with E-state index in [9.17, 15) is 34.8 Å². The van der Waals surface area contributed by atoms with Gasteiger partial charge in [-0.3, -0.25) is 0 Å². The average molecular weight is 489 g/mol. The Balaban J connectivity index is 1.97. The van der Waals surface area contributed by atoms with Crippen molar-refractivity contribution >= 4 is 10.0 Å². The molecular formula is C21H13F6NO4S. The van der Waals surface area contributed by atoms with Crippen molar-refractivity contribution in [1.82, 2.24) is 0 Å². The van der Waals surface area contributed by atoms with Crippen molar-refractivity contribution in [2.24, 2.45) is 5.14 Å². The summed E-state index contributed by atoms with van der Waals surface area (Å²) in [4.78, 5) is -0.216. The lowest BCUT2D eigenvalue weighted by Gasteiger charge is -2.17. The smallest absolute Gasteiger partial charge is 0.416 e. The molecule has 3 aromatic rings. The van der Waals surface area contributed by atoms with Gasteiger partial charge in [-0.25, -0.2) is 13.6 Å². The minimum Gasteiger partial charge on any atom is -0.454 e. The molecule has 5 nitrogen and oxygen atoms in total. The zero-order chi connectivity index (χ0) is 24.2. The Morgan fingerprint density at radius 1 is 0.697 bits per heavy atom. The van der Waals surface area contributed by atoms with E-state index < -0.39 is 33.5 Å². The average Bonchev–Trinajstić information content (AvgIpc) is 3.18. The van der Waals surface area contributed by atoms with E-state index in [1.807, 2.05) is 0 Å². The van der Waals surface area contributed by atoms with Crippen LogP contribution in [0.3, 0.4) is 0 Å². The fraction of sp³-hybridized carbons (Fsp3) is 0.143. The van der Waals surface area contributed by atoms with Crippen LogP contribution in [0.2, 0.25) is 0 Å². The van der Waals surface area contributed by atoms with Crippen molar-refractivity contribution in [3.05, 3.63) is 65.7 Å². The number of hydrogen-bond acceptors (Lipinski definition) is 4. The van der Waals surface area contributed by atoms with E-state index in [1.54, 1.807) is 0 Å². The summed E-state index contributed by atoms with van der Waals surface area (Å²) in [6, 6.07) is 8.94. The molecule has 0 unspecified atom stereocenters. The van der Waals surface area contributed by atoms with Gasteiger partial charge in [0.1, 0.15) is 0 Å². The number of alkyl halides is 6. The number of benzene rings is 3. The Hall–Kier alpha value is -3.25. The van der Waals surface area contributed by atoms with E-state index in [1.165, 1.54) is 36.4 Å². The highest BCUT2D eigenvalue weighted by Crippen LogP contribution is 2.45. The first kappa shape index (κ1) is 22.9. The molecule has 1 heterocycles. The highest BCUT2D eigenvalue weighted by atomic mass is 32.2. The first-order chi connectivity index (χ1) is 15.2. The van der Waals surface area contributed by atoms with Crippen LogP contribution in [0, 0.1) is 0 Å². The van der Waals surface area contributed by atoms with Crippen LogP contribution in [-0.4, -0.2) is 15.2 Å². The first-order valence-electron chi connectivity index (χ1n) is 9.10. The molecule has 0 aromatic heterocycles. The van der Waals surface area contributed by atoms with Crippen molar-refractivity contribution in [2.45, 2.75) is 17.2 Å². The van der Waals surface area contributed by atoms with Gasteiger partial charge in [-0.05, 0) is 64.7 Å². The lowest BCUT2D eigenvalue weighted by atomic mass is 9.91. The summed E-state index contributed by atoms with van der Waals surface area (Å²) >= 11 is 0. The van der Waals surface area contributed by atoms with Crippen LogP contribution in [0.1, 0.15) is 11.1 Å². The third-order valence-corrected chi connectivity index (χ3v) is 5.83. The van der Waals surface area contributed by atoms with Gasteiger partial charge in [0.15, 0.2) is 11.5 Å². The Kier molecular flexibility index (Phi) is 5.32. The second kappa shape index (κ2) is 7.66. The van der Waals surface area contributed by atoms with E-state index in [4.69, 9.17) is 14.6 Å². The second-order valence-electron chi connectivity index (χ2n) is 7.11. The van der Waals surface area contributed by atoms with E-state index in [-0.39, 0.29) is 45.9 Å². The van der Waals surface area contributed by atoms with Gasteiger partial charge in [0.2, 0.25) is 16.8 Å². The van der Waals surface area contributed by atoms with Crippen molar-refractivity contribution in [2.75, 3.05) is 6.79 Å². The predicted octanol–water partition coefficient (Wildman–Crippen LogP) is 5.43. The summed E-state index contributed by atoms with van der Waals surface area (Å²) < 4.78 is 114. The molecule has 4 rings (SSSR count). The maximum Gasteiger partial charge on any atom is 0.416 e. The van der Waals surface area contributed by atoms with Gasteiger partial charge in [0.25, 0.3) is 0 Å². The molecule has 0 fully saturated rings. The molecule has 12 heteroatoms. The Bertz CT molecular complexity index is 1300. The number of halogens is 6. The quantitative estimate of drug-likeness (QED) is 0.498. The largest absolute Gasteiger partial charge is 0.454 e. The minimum absolute atomic E-state index is 0.000736. The molecule has 2 N–H and O–H groups in total. The number of sulfonamides is 1. The summed E-state index contributed by atoms with van der Waals surface area (Å²) in [5.74, 6) is 0.369. The highest BCUT2D eigenvalue weighted by Gasteiger charge is 2.37. The van der Waals surface area contributed by atoms with Gasteiger partial charge in [0, 0.05) is 0 Å². The van der Waals surface area contributed by atoms with Gasteiger partial charge < -0.3 is 9.47 Å². The maximum atomic E-state index is 13.4. The van der Waals surface area contributed by atoms with E-state index in [0.29, 0.717) is 17.7 Å². The molecule has 3 aromatic carbocycles. The molecule has 0 bridgehead atoms. The van der Waals surface area contributed by atoms with Gasteiger partial charge in [-0.1, -0.05) is 12.1 Å². The van der Waals surface area contributed by atoms with Crippen molar-refractivity contribution in [3.63, 3.8) is 0 Å². The second-order valence-corrected chi connectivity index (χ2v) is 8.68. The first-order valence-corrected chi connectivity index (χ1v) is 10.6. The maximum absolute atomic E-state index is 13.4. The fourth-order valence-electron chi connectivity index (χ4n) is 3.35. The van der Waals surface area contributed by atoms with Gasteiger partial charge in [0.05, 0.1) is 16.0 Å². The summed E-state index contributed by atoms with van der Waals surface area (Å²) in [6.45, 7) is -0.182. The molecule has 0 atom stereocenters. The zero-order valence-electron chi connectivity index (χ0n) is 16.3. The van der Waals surface area contributed by atoms with Crippen molar-refractivity contribution in [1.29, 1.82) is 0 Å². The standard InChI is InChI=1S/C21H13F6NO4S/c22-20(23,24)13-5-12(6-14(7-13)21(25,26)27)17-9-19-18(31-10-32-19)8-16(17)11-1-3-15(4-2-11)33(28,29)30/h1-9H,10H2,(H2,28,29,30). The van der Waals surface area contributed by atoms with Crippen LogP contribution < -0.4 is 14.6 Å². The van der Waals surface area contributed by atoms with Crippen molar-refractivity contribution in [3.8, 4) is 33.8 Å². The zero-order valence-corrected chi connectivity index (χ0v) is 17.1. The number of nitrogens with two attached hydrogens (primary N) is 1. The summed E-state index contributed by atoms with van der Waals surface area (Å²) in [5, 5.41) is 5.08. The SMILES string of the molecule is NS(=O)(=O)c1ccc(-c2cc3c(cc2-c2cc(C(F)(F)F)cc(C(F)(F)F)c2)OCO3)cc1. The Morgan fingerprint density at radius 3 is 1.58 bits per heavy atom. The third-order valence-electron chi connectivity index (χ3n) is 4.91. The van der Waals surface area contributed by atoms with Crippen LogP contribution in [0.15, 0.2) is 59.5 Å². The molecule has 1 aliphatic rings. The molecule has 0 saturated carbocycles. The lowest BCUT2D eigenvalue weighted by molar-refractivity contribution is -0.143. The number of rotatable bonds is 3. The Labute approximate surface area is 183 Å². The molecule has 174 valence electrons. The lowest BCUT2D eigenvalue weighted by Crippen LogP contribution is -2.11. The van der Waals surface area contributed by atoms with Gasteiger partial charge >= 0.3 is 12.4 Å². The van der Waals surface area contributed by atoms with E-state index in [0.717, 1.165) is 0 Å². The summed E-state index contributed by atoms with van der Waals surface area (Å²) in [6.07, 6.45) is -10.0. The van der Waals surface area contributed by atoms with Crippen LogP contribution in [0.5, 0.6) is 11.5 Å². The number of fused-ring (bicyclic) bond motifs is 1. The van der Waals surface area contributed by atoms with E-state index in [2.05, 4.69) is 0 Å². The molecule has 0 amide bonds. The number of ether oxygens (including phenoxy) is 2. The van der Waals surface area contributed by atoms with Crippen molar-refractivity contribution < 1.29 is 44.2 Å². The highest BCUT2D eigenvalue weighted by molar-refractivity contribution is 7.89. The van der Waals surface area contributed by atoms with Gasteiger partial charge in [-0.15, -0.1) is 0 Å². The molecule has 1 aliphatic heterocycles. The number of hydrogen-bond donors (Lipinski definition) is 1. The van der Waals surface area contributed by atoms with Crippen LogP contribution >= 0.6 is 0 Å². The molecule has 0 saturated heterocycles. The molecule has 0 spiro atoms.